The second kappa shape index (κ2) is 8.04. The molecular weight excluding hydrogens is 393 g/mol. The van der Waals surface area contributed by atoms with Crippen molar-refractivity contribution in [1.29, 1.82) is 0 Å². The summed E-state index contributed by atoms with van der Waals surface area (Å²) in [6.45, 7) is 0.773. The zero-order valence-corrected chi connectivity index (χ0v) is 16.0. The molecule has 0 saturated heterocycles. The zero-order valence-electron chi connectivity index (χ0n) is 16.0. The highest BCUT2D eigenvalue weighted by molar-refractivity contribution is 5.93. The fourth-order valence-electron chi connectivity index (χ4n) is 2.93. The highest BCUT2D eigenvalue weighted by atomic mass is 19.1. The second-order valence-electron chi connectivity index (χ2n) is 6.15. The summed E-state index contributed by atoms with van der Waals surface area (Å²) < 4.78 is 27.1. The van der Waals surface area contributed by atoms with Crippen LogP contribution < -0.4 is 30.7 Å². The summed E-state index contributed by atoms with van der Waals surface area (Å²) in [6, 6.07) is 3.95. The van der Waals surface area contributed by atoms with Gasteiger partial charge >= 0.3 is 6.03 Å². The van der Waals surface area contributed by atoms with E-state index in [1.807, 2.05) is 0 Å². The van der Waals surface area contributed by atoms with Crippen molar-refractivity contribution in [2.24, 2.45) is 0 Å². The van der Waals surface area contributed by atoms with Crippen molar-refractivity contribution < 1.29 is 18.7 Å². The van der Waals surface area contributed by atoms with Crippen molar-refractivity contribution in [3.8, 4) is 23.8 Å². The van der Waals surface area contributed by atoms with E-state index in [0.717, 1.165) is 0 Å². The number of carbonyl (C=O) groups is 1. The third-order valence-corrected chi connectivity index (χ3v) is 4.24. The minimum atomic E-state index is -0.521. The van der Waals surface area contributed by atoms with Crippen molar-refractivity contribution in [2.75, 3.05) is 42.8 Å². The lowest BCUT2D eigenvalue weighted by atomic mass is 10.2. The SMILES string of the molecule is C#CCNC(=O)Nc1cnn2c(NC)cc(Nc3c(F)ccc4c3OCCO4)nc12. The average molecular weight is 411 g/mol. The Hall–Kier alpha value is -4.20. The molecule has 1 aliphatic rings. The van der Waals surface area contributed by atoms with Gasteiger partial charge in [-0.05, 0) is 12.1 Å². The first-order valence-electron chi connectivity index (χ1n) is 9.00. The molecule has 154 valence electrons. The predicted octanol–water partition coefficient (Wildman–Crippen LogP) is 2.18. The van der Waals surface area contributed by atoms with Crippen LogP contribution in [-0.2, 0) is 0 Å². The fraction of sp³-hybridized carbons (Fsp3) is 0.211. The third kappa shape index (κ3) is 3.58. The van der Waals surface area contributed by atoms with E-state index in [2.05, 4.69) is 37.3 Å². The summed E-state index contributed by atoms with van der Waals surface area (Å²) >= 11 is 0. The van der Waals surface area contributed by atoms with Crippen LogP contribution in [-0.4, -0.2) is 47.4 Å². The Bertz CT molecular complexity index is 1160. The lowest BCUT2D eigenvalue weighted by molar-refractivity contribution is 0.172. The van der Waals surface area contributed by atoms with Gasteiger partial charge in [-0.2, -0.15) is 9.61 Å². The molecule has 2 amide bonds. The Labute approximate surface area is 170 Å². The quantitative estimate of drug-likeness (QED) is 0.476. The molecule has 0 spiro atoms. The van der Waals surface area contributed by atoms with Crippen molar-refractivity contribution in [2.45, 2.75) is 0 Å². The Kier molecular flexibility index (Phi) is 5.13. The summed E-state index contributed by atoms with van der Waals surface area (Å²) in [4.78, 5) is 16.4. The molecule has 0 aliphatic carbocycles. The van der Waals surface area contributed by atoms with Crippen LogP contribution in [0.5, 0.6) is 11.5 Å². The largest absolute Gasteiger partial charge is 0.486 e. The number of hydrogen-bond acceptors (Lipinski definition) is 7. The van der Waals surface area contributed by atoms with E-state index < -0.39 is 11.8 Å². The molecule has 0 bridgehead atoms. The molecule has 4 rings (SSSR count). The number of ether oxygens (including phenoxy) is 2. The molecule has 0 unspecified atom stereocenters. The number of nitrogens with one attached hydrogen (secondary N) is 4. The number of urea groups is 1. The number of aromatic nitrogens is 3. The molecule has 0 saturated carbocycles. The number of fused-ring (bicyclic) bond motifs is 2. The van der Waals surface area contributed by atoms with Crippen molar-refractivity contribution in [1.82, 2.24) is 19.9 Å². The molecule has 0 radical (unpaired) electrons. The smallest absolute Gasteiger partial charge is 0.320 e. The highest BCUT2D eigenvalue weighted by Crippen LogP contribution is 2.40. The van der Waals surface area contributed by atoms with Gasteiger partial charge in [0, 0.05) is 13.1 Å². The van der Waals surface area contributed by atoms with Crippen LogP contribution in [0, 0.1) is 18.2 Å². The first-order chi connectivity index (χ1) is 14.6. The Balaban J connectivity index is 1.71. The highest BCUT2D eigenvalue weighted by Gasteiger charge is 2.21. The van der Waals surface area contributed by atoms with E-state index in [0.29, 0.717) is 41.9 Å². The van der Waals surface area contributed by atoms with Gasteiger partial charge in [-0.1, -0.05) is 5.92 Å². The second-order valence-corrected chi connectivity index (χ2v) is 6.15. The van der Waals surface area contributed by atoms with E-state index in [-0.39, 0.29) is 18.0 Å². The average Bonchev–Trinajstić information content (AvgIpc) is 3.16. The fourth-order valence-corrected chi connectivity index (χ4v) is 2.93. The molecule has 4 N–H and O–H groups in total. The summed E-state index contributed by atoms with van der Waals surface area (Å²) in [5, 5.41) is 15.3. The number of hydrogen-bond donors (Lipinski definition) is 4. The van der Waals surface area contributed by atoms with Gasteiger partial charge in [0.25, 0.3) is 0 Å². The molecule has 1 aromatic carbocycles. The van der Waals surface area contributed by atoms with Gasteiger partial charge in [-0.25, -0.2) is 14.2 Å². The van der Waals surface area contributed by atoms with Gasteiger partial charge in [0.2, 0.25) is 0 Å². The van der Waals surface area contributed by atoms with Gasteiger partial charge in [-0.3, -0.25) is 0 Å². The topological polar surface area (TPSA) is 114 Å². The van der Waals surface area contributed by atoms with Crippen molar-refractivity contribution >= 4 is 34.7 Å². The summed E-state index contributed by atoms with van der Waals surface area (Å²) in [7, 11) is 1.70. The number of rotatable bonds is 5. The maximum absolute atomic E-state index is 14.5. The van der Waals surface area contributed by atoms with E-state index in [1.54, 1.807) is 13.1 Å². The lowest BCUT2D eigenvalue weighted by Gasteiger charge is -2.22. The van der Waals surface area contributed by atoms with Gasteiger partial charge in [0.05, 0.1) is 12.7 Å². The number of nitrogens with zero attached hydrogens (tertiary/aromatic N) is 3. The van der Waals surface area contributed by atoms with Gasteiger partial charge < -0.3 is 30.7 Å². The van der Waals surface area contributed by atoms with Crippen LogP contribution in [0.15, 0.2) is 24.4 Å². The summed E-state index contributed by atoms with van der Waals surface area (Å²) in [6.07, 6.45) is 6.59. The standard InChI is InChI=1S/C19H18FN7O3/c1-3-6-22-19(28)24-12-10-23-27-15(21-2)9-14(26-18(12)27)25-16-11(20)4-5-13-17(16)30-8-7-29-13/h1,4-5,9-10,21H,6-8H2,2H3,(H,25,26)(H2,22,24,28). The predicted molar refractivity (Wildman–Crippen MR) is 109 cm³/mol. The van der Waals surface area contributed by atoms with Crippen molar-refractivity contribution in [3.63, 3.8) is 0 Å². The Morgan fingerprint density at radius 1 is 1.37 bits per heavy atom. The first kappa shape index (κ1) is 19.1. The molecule has 2 aromatic heterocycles. The zero-order chi connectivity index (χ0) is 21.1. The van der Waals surface area contributed by atoms with Crippen LogP contribution in [0.25, 0.3) is 5.65 Å². The van der Waals surface area contributed by atoms with Crippen LogP contribution in [0.4, 0.5) is 32.2 Å². The minimum Gasteiger partial charge on any atom is -0.486 e. The molecule has 11 heteroatoms. The maximum atomic E-state index is 14.5. The number of anilines is 4. The molecule has 30 heavy (non-hydrogen) atoms. The maximum Gasteiger partial charge on any atom is 0.320 e. The van der Waals surface area contributed by atoms with Gasteiger partial charge in [-0.15, -0.1) is 6.42 Å². The number of carbonyl (C=O) groups excluding carboxylic acids is 1. The number of amides is 2. The van der Waals surface area contributed by atoms with Gasteiger partial charge in [0.15, 0.2) is 23.0 Å². The van der Waals surface area contributed by atoms with E-state index in [1.165, 1.54) is 22.8 Å². The van der Waals surface area contributed by atoms with Gasteiger partial charge in [0.1, 0.15) is 36.2 Å². The number of benzene rings is 1. The Morgan fingerprint density at radius 3 is 3.00 bits per heavy atom. The monoisotopic (exact) mass is 411 g/mol. The molecule has 0 atom stereocenters. The molecule has 3 aromatic rings. The first-order valence-corrected chi connectivity index (χ1v) is 9.00. The minimum absolute atomic E-state index is 0.0769. The molecule has 0 fully saturated rings. The van der Waals surface area contributed by atoms with Crippen molar-refractivity contribution in [3.05, 3.63) is 30.2 Å². The van der Waals surface area contributed by atoms with Crippen LogP contribution in [0.1, 0.15) is 0 Å². The number of terminal acetylenes is 1. The summed E-state index contributed by atoms with van der Waals surface area (Å²) in [5.41, 5.74) is 0.786. The summed E-state index contributed by atoms with van der Waals surface area (Å²) in [5.74, 6) is 3.37. The molecular formula is C19H18FN7O3. The normalized spacial score (nSPS) is 12.2. The van der Waals surface area contributed by atoms with E-state index >= 15 is 0 Å². The van der Waals surface area contributed by atoms with Crippen LogP contribution in [0.3, 0.4) is 0 Å². The lowest BCUT2D eigenvalue weighted by Crippen LogP contribution is -2.28. The van der Waals surface area contributed by atoms with E-state index in [4.69, 9.17) is 15.9 Å². The van der Waals surface area contributed by atoms with E-state index in [9.17, 15) is 9.18 Å². The molecule has 10 nitrogen and oxygen atoms in total. The molecule has 1 aliphatic heterocycles. The molecule has 3 heterocycles. The number of halogens is 1. The Morgan fingerprint density at radius 2 is 2.20 bits per heavy atom. The third-order valence-electron chi connectivity index (χ3n) is 4.24. The van der Waals surface area contributed by atoms with Crippen LogP contribution >= 0.6 is 0 Å². The van der Waals surface area contributed by atoms with Crippen LogP contribution in [0.2, 0.25) is 0 Å².